The Balaban J connectivity index is 1.97. The molecular formula is C14H21BrN2. The van der Waals surface area contributed by atoms with E-state index in [9.17, 15) is 0 Å². The summed E-state index contributed by atoms with van der Waals surface area (Å²) in [5, 5.41) is 3.61. The normalized spacial score (nSPS) is 19.9. The van der Waals surface area contributed by atoms with Crippen LogP contribution in [0.15, 0.2) is 22.7 Å². The van der Waals surface area contributed by atoms with Gasteiger partial charge in [0, 0.05) is 29.3 Å². The van der Waals surface area contributed by atoms with Crippen LogP contribution in [0.5, 0.6) is 0 Å². The predicted molar refractivity (Wildman–Crippen MR) is 77.8 cm³/mol. The first-order chi connectivity index (χ1) is 8.20. The Hall–Kier alpha value is -0.540. The zero-order chi connectivity index (χ0) is 12.3. The molecule has 1 unspecified atom stereocenters. The Morgan fingerprint density at radius 2 is 2.29 bits per heavy atom. The van der Waals surface area contributed by atoms with Gasteiger partial charge in [-0.05, 0) is 50.1 Å². The first kappa shape index (κ1) is 12.9. The lowest BCUT2D eigenvalue weighted by Crippen LogP contribution is -2.32. The van der Waals surface area contributed by atoms with Crippen LogP contribution >= 0.6 is 15.9 Å². The maximum absolute atomic E-state index is 3.61. The molecule has 0 spiro atoms. The summed E-state index contributed by atoms with van der Waals surface area (Å²) in [6.07, 6.45) is 2.48. The van der Waals surface area contributed by atoms with Gasteiger partial charge in [0.05, 0.1) is 0 Å². The summed E-state index contributed by atoms with van der Waals surface area (Å²) in [5.41, 5.74) is 2.67. The van der Waals surface area contributed by atoms with E-state index in [2.05, 4.69) is 58.2 Å². The van der Waals surface area contributed by atoms with Crippen LogP contribution in [0.1, 0.15) is 25.3 Å². The first-order valence-corrected chi connectivity index (χ1v) is 7.24. The summed E-state index contributed by atoms with van der Waals surface area (Å²) >= 11 is 3.55. The average molecular weight is 297 g/mol. The number of rotatable bonds is 4. The highest BCUT2D eigenvalue weighted by atomic mass is 79.9. The molecule has 94 valence electrons. The molecule has 1 aromatic carbocycles. The fourth-order valence-corrected chi connectivity index (χ4v) is 2.58. The molecule has 17 heavy (non-hydrogen) atoms. The van der Waals surface area contributed by atoms with Gasteiger partial charge in [0.25, 0.3) is 0 Å². The number of nitrogens with zero attached hydrogens (tertiary/aromatic N) is 1. The van der Waals surface area contributed by atoms with E-state index >= 15 is 0 Å². The number of anilines is 1. The van der Waals surface area contributed by atoms with Gasteiger partial charge < -0.3 is 10.2 Å². The molecule has 0 bridgehead atoms. The second-order valence-corrected chi connectivity index (χ2v) is 5.67. The third-order valence-corrected chi connectivity index (χ3v) is 4.27. The van der Waals surface area contributed by atoms with E-state index in [0.717, 1.165) is 13.1 Å². The number of benzene rings is 1. The van der Waals surface area contributed by atoms with Crippen LogP contribution in [-0.4, -0.2) is 25.7 Å². The molecule has 0 aliphatic carbocycles. The van der Waals surface area contributed by atoms with Crippen LogP contribution in [0.2, 0.25) is 0 Å². The van der Waals surface area contributed by atoms with Crippen molar-refractivity contribution in [3.63, 3.8) is 0 Å². The van der Waals surface area contributed by atoms with Crippen molar-refractivity contribution in [1.82, 2.24) is 5.32 Å². The second-order valence-electron chi connectivity index (χ2n) is 4.82. The van der Waals surface area contributed by atoms with Crippen molar-refractivity contribution in [2.24, 2.45) is 0 Å². The molecule has 1 N–H and O–H groups in total. The predicted octanol–water partition coefficient (Wildman–Crippen LogP) is 3.34. The van der Waals surface area contributed by atoms with Gasteiger partial charge in [0.1, 0.15) is 0 Å². The number of hydrogen-bond donors (Lipinski definition) is 1. The molecule has 1 aromatic rings. The van der Waals surface area contributed by atoms with Crippen molar-refractivity contribution >= 4 is 21.6 Å². The van der Waals surface area contributed by atoms with E-state index in [0.29, 0.717) is 6.04 Å². The van der Waals surface area contributed by atoms with Crippen molar-refractivity contribution < 1.29 is 0 Å². The molecule has 1 aliphatic heterocycles. The second kappa shape index (κ2) is 5.87. The lowest BCUT2D eigenvalue weighted by molar-refractivity contribution is 0.549. The molecule has 0 saturated carbocycles. The minimum Gasteiger partial charge on any atom is -0.370 e. The summed E-state index contributed by atoms with van der Waals surface area (Å²) in [6, 6.07) is 7.29. The van der Waals surface area contributed by atoms with E-state index in [-0.39, 0.29) is 0 Å². The van der Waals surface area contributed by atoms with Gasteiger partial charge in [-0.1, -0.05) is 22.9 Å². The molecule has 1 heterocycles. The lowest BCUT2D eigenvalue weighted by Gasteiger charge is -2.20. The number of hydrogen-bond acceptors (Lipinski definition) is 2. The van der Waals surface area contributed by atoms with Crippen molar-refractivity contribution in [2.45, 2.75) is 32.7 Å². The number of aryl methyl sites for hydroxylation is 1. The Labute approximate surface area is 113 Å². The smallest absolute Gasteiger partial charge is 0.0370 e. The monoisotopic (exact) mass is 296 g/mol. The van der Waals surface area contributed by atoms with Gasteiger partial charge in [-0.2, -0.15) is 0 Å². The fourth-order valence-electron chi connectivity index (χ4n) is 2.34. The maximum Gasteiger partial charge on any atom is 0.0370 e. The molecule has 0 amide bonds. The van der Waals surface area contributed by atoms with Crippen molar-refractivity contribution in [1.29, 1.82) is 0 Å². The molecule has 2 rings (SSSR count). The van der Waals surface area contributed by atoms with Crippen LogP contribution in [0, 0.1) is 6.92 Å². The number of nitrogens with one attached hydrogen (secondary N) is 1. The largest absolute Gasteiger partial charge is 0.370 e. The quantitative estimate of drug-likeness (QED) is 0.917. The molecule has 0 aromatic heterocycles. The molecular weight excluding hydrogens is 276 g/mol. The van der Waals surface area contributed by atoms with Gasteiger partial charge in [-0.25, -0.2) is 0 Å². The van der Waals surface area contributed by atoms with Crippen LogP contribution in [0.3, 0.4) is 0 Å². The van der Waals surface area contributed by atoms with Crippen molar-refractivity contribution in [2.75, 3.05) is 24.5 Å². The van der Waals surface area contributed by atoms with E-state index in [4.69, 9.17) is 0 Å². The molecule has 2 nitrogen and oxygen atoms in total. The minimum atomic E-state index is 0.666. The first-order valence-electron chi connectivity index (χ1n) is 6.45. The fraction of sp³-hybridized carbons (Fsp3) is 0.571. The average Bonchev–Trinajstić information content (AvgIpc) is 2.79. The molecule has 3 heteroatoms. The molecule has 1 saturated heterocycles. The number of halogens is 1. The topological polar surface area (TPSA) is 15.3 Å². The molecule has 1 aliphatic rings. The Morgan fingerprint density at radius 3 is 3.00 bits per heavy atom. The zero-order valence-electron chi connectivity index (χ0n) is 10.7. The summed E-state index contributed by atoms with van der Waals surface area (Å²) in [7, 11) is 0. The van der Waals surface area contributed by atoms with Crippen LogP contribution in [0.4, 0.5) is 5.69 Å². The molecule has 0 radical (unpaired) electrons. The minimum absolute atomic E-state index is 0.666. The van der Waals surface area contributed by atoms with Gasteiger partial charge in [-0.15, -0.1) is 0 Å². The zero-order valence-corrected chi connectivity index (χ0v) is 12.3. The van der Waals surface area contributed by atoms with Gasteiger partial charge in [0.15, 0.2) is 0 Å². The Bertz CT molecular complexity index is 378. The summed E-state index contributed by atoms with van der Waals surface area (Å²) in [5.74, 6) is 0. The maximum atomic E-state index is 3.61. The highest BCUT2D eigenvalue weighted by Crippen LogP contribution is 2.25. The van der Waals surface area contributed by atoms with E-state index in [1.165, 1.54) is 35.1 Å². The van der Waals surface area contributed by atoms with Crippen LogP contribution in [-0.2, 0) is 0 Å². The van der Waals surface area contributed by atoms with E-state index < -0.39 is 0 Å². The molecule has 1 fully saturated rings. The van der Waals surface area contributed by atoms with Gasteiger partial charge in [0.2, 0.25) is 0 Å². The van der Waals surface area contributed by atoms with Crippen LogP contribution in [0.25, 0.3) is 0 Å². The van der Waals surface area contributed by atoms with E-state index in [1.54, 1.807) is 0 Å². The van der Waals surface area contributed by atoms with Crippen molar-refractivity contribution in [3.8, 4) is 0 Å². The summed E-state index contributed by atoms with van der Waals surface area (Å²) in [4.78, 5) is 2.48. The third kappa shape index (κ3) is 3.23. The highest BCUT2D eigenvalue weighted by Gasteiger charge is 2.21. The summed E-state index contributed by atoms with van der Waals surface area (Å²) < 4.78 is 1.20. The Morgan fingerprint density at radius 1 is 1.47 bits per heavy atom. The van der Waals surface area contributed by atoms with E-state index in [1.807, 2.05) is 0 Å². The summed E-state index contributed by atoms with van der Waals surface area (Å²) in [6.45, 7) is 7.82. The van der Waals surface area contributed by atoms with Crippen LogP contribution < -0.4 is 10.2 Å². The standard InChI is InChI=1S/C14H21BrN2/c1-3-7-16-12-6-8-17(10-12)13-4-5-14(15)11(2)9-13/h4-5,9,12,16H,3,6-8,10H2,1-2H3. The third-order valence-electron chi connectivity index (χ3n) is 3.38. The Kier molecular flexibility index (Phi) is 4.46. The van der Waals surface area contributed by atoms with Crippen molar-refractivity contribution in [3.05, 3.63) is 28.2 Å². The molecule has 1 atom stereocenters. The SMILES string of the molecule is CCCNC1CCN(c2ccc(Br)c(C)c2)C1. The lowest BCUT2D eigenvalue weighted by atomic mass is 10.2. The highest BCUT2D eigenvalue weighted by molar-refractivity contribution is 9.10. The van der Waals surface area contributed by atoms with Gasteiger partial charge >= 0.3 is 0 Å². The van der Waals surface area contributed by atoms with Gasteiger partial charge in [-0.3, -0.25) is 0 Å².